The van der Waals surface area contributed by atoms with Gasteiger partial charge in [0, 0.05) is 11.5 Å². The molecule has 0 heterocycles. The Hall–Kier alpha value is -2.24. The van der Waals surface area contributed by atoms with Gasteiger partial charge in [-0.2, -0.15) is 0 Å². The van der Waals surface area contributed by atoms with E-state index < -0.39 is 23.8 Å². The maximum Gasteiger partial charge on any atom is 0.318 e. The van der Waals surface area contributed by atoms with Crippen LogP contribution in [0, 0.1) is 5.92 Å². The van der Waals surface area contributed by atoms with Crippen molar-refractivity contribution < 1.29 is 29.3 Å². The highest BCUT2D eigenvalue weighted by molar-refractivity contribution is 5.94. The molecule has 0 aliphatic rings. The summed E-state index contributed by atoms with van der Waals surface area (Å²) in [7, 11) is 2.91. The van der Waals surface area contributed by atoms with Crippen LogP contribution in [0.5, 0.6) is 11.5 Å². The van der Waals surface area contributed by atoms with Gasteiger partial charge in [0.05, 0.1) is 14.2 Å². The minimum absolute atomic E-state index is 0.431. The van der Waals surface area contributed by atoms with E-state index >= 15 is 0 Å². The van der Waals surface area contributed by atoms with Gasteiger partial charge in [-0.25, -0.2) is 0 Å². The number of ether oxygens (including phenoxy) is 2. The molecule has 0 bridgehead atoms. The van der Waals surface area contributed by atoms with Gasteiger partial charge in [-0.1, -0.05) is 6.92 Å². The maximum absolute atomic E-state index is 11.1. The summed E-state index contributed by atoms with van der Waals surface area (Å²) in [5, 5.41) is 18.0. The first-order valence-electron chi connectivity index (χ1n) is 5.59. The lowest BCUT2D eigenvalue weighted by molar-refractivity contribution is -0.155. The Morgan fingerprint density at radius 2 is 1.68 bits per heavy atom. The molecule has 1 atom stereocenters. The molecular weight excluding hydrogens is 252 g/mol. The molecule has 0 aliphatic heterocycles. The normalized spacial score (nSPS) is 12.0. The summed E-state index contributed by atoms with van der Waals surface area (Å²) >= 11 is 0. The van der Waals surface area contributed by atoms with Gasteiger partial charge >= 0.3 is 11.9 Å². The largest absolute Gasteiger partial charge is 0.497 e. The molecule has 1 rings (SSSR count). The molecular formula is C13H16O6. The Balaban J connectivity index is 3.25. The van der Waals surface area contributed by atoms with Crippen molar-refractivity contribution in [2.24, 2.45) is 5.92 Å². The van der Waals surface area contributed by atoms with Crippen LogP contribution in [0.4, 0.5) is 0 Å². The van der Waals surface area contributed by atoms with Gasteiger partial charge in [-0.15, -0.1) is 0 Å². The summed E-state index contributed by atoms with van der Waals surface area (Å²) in [6.07, 6.45) is 0. The highest BCUT2D eigenvalue weighted by atomic mass is 16.5. The zero-order chi connectivity index (χ0) is 14.6. The van der Waals surface area contributed by atoms with Gasteiger partial charge in [0.25, 0.3) is 0 Å². The first kappa shape index (κ1) is 14.8. The molecule has 2 N–H and O–H groups in total. The van der Waals surface area contributed by atoms with Crippen molar-refractivity contribution in [3.8, 4) is 11.5 Å². The first-order chi connectivity index (χ1) is 8.92. The molecule has 0 saturated carbocycles. The van der Waals surface area contributed by atoms with Crippen LogP contribution >= 0.6 is 0 Å². The van der Waals surface area contributed by atoms with Gasteiger partial charge < -0.3 is 19.7 Å². The van der Waals surface area contributed by atoms with Crippen LogP contribution in [-0.4, -0.2) is 36.4 Å². The number of carboxylic acid groups (broad SMARTS) is 2. The Bertz CT molecular complexity index is 468. The second kappa shape index (κ2) is 6.08. The third kappa shape index (κ3) is 3.15. The van der Waals surface area contributed by atoms with Crippen molar-refractivity contribution in [1.29, 1.82) is 0 Å². The number of methoxy groups -OCH3 is 2. The lowest BCUT2D eigenvalue weighted by Gasteiger charge is -2.20. The monoisotopic (exact) mass is 268 g/mol. The Kier molecular flexibility index (Phi) is 4.74. The third-order valence-corrected chi connectivity index (χ3v) is 2.96. The summed E-state index contributed by atoms with van der Waals surface area (Å²) in [4.78, 5) is 22.1. The predicted octanol–water partition coefficient (Wildman–Crippen LogP) is 1.59. The van der Waals surface area contributed by atoms with Crippen molar-refractivity contribution in [3.63, 3.8) is 0 Å². The number of carboxylic acids is 2. The van der Waals surface area contributed by atoms with E-state index in [4.69, 9.17) is 19.7 Å². The van der Waals surface area contributed by atoms with E-state index in [-0.39, 0.29) is 0 Å². The molecule has 1 aromatic carbocycles. The fourth-order valence-corrected chi connectivity index (χ4v) is 1.91. The van der Waals surface area contributed by atoms with Crippen molar-refractivity contribution in [1.82, 2.24) is 0 Å². The first-order valence-corrected chi connectivity index (χ1v) is 5.59. The molecule has 0 amide bonds. The Morgan fingerprint density at radius 3 is 2.11 bits per heavy atom. The Labute approximate surface area is 110 Å². The van der Waals surface area contributed by atoms with E-state index in [9.17, 15) is 9.59 Å². The summed E-state index contributed by atoms with van der Waals surface area (Å²) in [6.45, 7) is 1.53. The second-order valence-electron chi connectivity index (χ2n) is 4.05. The molecule has 1 unspecified atom stereocenters. The van der Waals surface area contributed by atoms with E-state index in [1.54, 1.807) is 18.2 Å². The highest BCUT2D eigenvalue weighted by Gasteiger charge is 2.34. The number of hydrogen-bond acceptors (Lipinski definition) is 4. The molecule has 0 spiro atoms. The smallest absolute Gasteiger partial charge is 0.318 e. The molecule has 6 nitrogen and oxygen atoms in total. The van der Waals surface area contributed by atoms with E-state index in [2.05, 4.69) is 0 Å². The maximum atomic E-state index is 11.1. The number of benzene rings is 1. The molecule has 0 radical (unpaired) electrons. The Morgan fingerprint density at radius 1 is 1.11 bits per heavy atom. The van der Waals surface area contributed by atoms with Crippen LogP contribution in [0.2, 0.25) is 0 Å². The third-order valence-electron chi connectivity index (χ3n) is 2.96. The number of rotatable bonds is 6. The van der Waals surface area contributed by atoms with Gasteiger partial charge in [-0.3, -0.25) is 9.59 Å². The van der Waals surface area contributed by atoms with Crippen LogP contribution in [-0.2, 0) is 9.59 Å². The van der Waals surface area contributed by atoms with Crippen molar-refractivity contribution >= 4 is 11.9 Å². The zero-order valence-corrected chi connectivity index (χ0v) is 10.9. The van der Waals surface area contributed by atoms with E-state index in [1.807, 2.05) is 0 Å². The highest BCUT2D eigenvalue weighted by Crippen LogP contribution is 2.34. The average Bonchev–Trinajstić information content (AvgIpc) is 2.36. The molecule has 104 valence electrons. The minimum atomic E-state index is -1.54. The standard InChI is InChI=1S/C13H16O6/c1-7(11(12(14)15)13(16)17)9-6-8(18-2)4-5-10(9)19-3/h4-7,11H,1-3H3,(H,14,15)(H,16,17). The van der Waals surface area contributed by atoms with Crippen LogP contribution in [0.3, 0.4) is 0 Å². The van der Waals surface area contributed by atoms with Gasteiger partial charge in [-0.05, 0) is 18.2 Å². The van der Waals surface area contributed by atoms with Crippen LogP contribution in [0.15, 0.2) is 18.2 Å². The molecule has 6 heteroatoms. The molecule has 0 aliphatic carbocycles. The molecule has 0 saturated heterocycles. The lowest BCUT2D eigenvalue weighted by Crippen LogP contribution is -2.28. The summed E-state index contributed by atoms with van der Waals surface area (Å²) < 4.78 is 10.2. The predicted molar refractivity (Wildman–Crippen MR) is 66.7 cm³/mol. The van der Waals surface area contributed by atoms with E-state index in [1.165, 1.54) is 21.1 Å². The van der Waals surface area contributed by atoms with Crippen LogP contribution < -0.4 is 9.47 Å². The van der Waals surface area contributed by atoms with Crippen LogP contribution in [0.25, 0.3) is 0 Å². The van der Waals surface area contributed by atoms with E-state index in [0.29, 0.717) is 17.1 Å². The molecule has 19 heavy (non-hydrogen) atoms. The summed E-state index contributed by atoms with van der Waals surface area (Å²) in [6, 6.07) is 4.86. The second-order valence-corrected chi connectivity index (χ2v) is 4.05. The van der Waals surface area contributed by atoms with Crippen molar-refractivity contribution in [2.45, 2.75) is 12.8 Å². The summed E-state index contributed by atoms with van der Waals surface area (Å²) in [5.74, 6) is -4.12. The van der Waals surface area contributed by atoms with E-state index in [0.717, 1.165) is 0 Å². The lowest BCUT2D eigenvalue weighted by atomic mass is 9.87. The SMILES string of the molecule is COc1ccc(OC)c(C(C)C(C(=O)O)C(=O)O)c1. The molecule has 1 aromatic rings. The van der Waals surface area contributed by atoms with Gasteiger partial charge in [0.15, 0.2) is 5.92 Å². The van der Waals surface area contributed by atoms with Crippen LogP contribution in [0.1, 0.15) is 18.4 Å². The van der Waals surface area contributed by atoms with Gasteiger partial charge in [0.2, 0.25) is 0 Å². The number of hydrogen-bond donors (Lipinski definition) is 2. The zero-order valence-electron chi connectivity index (χ0n) is 10.9. The van der Waals surface area contributed by atoms with Crippen molar-refractivity contribution in [2.75, 3.05) is 14.2 Å². The molecule has 0 aromatic heterocycles. The fraction of sp³-hybridized carbons (Fsp3) is 0.385. The topological polar surface area (TPSA) is 93.1 Å². The summed E-state index contributed by atoms with van der Waals surface area (Å²) in [5.41, 5.74) is 0.483. The molecule has 0 fully saturated rings. The number of carbonyl (C=O) groups is 2. The van der Waals surface area contributed by atoms with Crippen molar-refractivity contribution in [3.05, 3.63) is 23.8 Å². The van der Waals surface area contributed by atoms with Gasteiger partial charge in [0.1, 0.15) is 11.5 Å². The quantitative estimate of drug-likeness (QED) is 0.761. The average molecular weight is 268 g/mol. The minimum Gasteiger partial charge on any atom is -0.497 e. The number of aliphatic carboxylic acids is 2. The fourth-order valence-electron chi connectivity index (χ4n) is 1.91.